The van der Waals surface area contributed by atoms with Gasteiger partial charge < -0.3 is 14.7 Å². The van der Waals surface area contributed by atoms with Crippen LogP contribution in [0.1, 0.15) is 5.56 Å². The van der Waals surface area contributed by atoms with E-state index in [1.807, 2.05) is 0 Å². The number of hydrogen-bond acceptors (Lipinski definition) is 4. The van der Waals surface area contributed by atoms with E-state index in [9.17, 15) is 5.21 Å². The van der Waals surface area contributed by atoms with Crippen molar-refractivity contribution >= 4 is 6.08 Å². The Morgan fingerprint density at radius 2 is 1.93 bits per heavy atom. The van der Waals surface area contributed by atoms with Crippen LogP contribution in [0.2, 0.25) is 0 Å². The van der Waals surface area contributed by atoms with Gasteiger partial charge in [0.1, 0.15) is 6.20 Å². The molecule has 1 rings (SSSR count). The Labute approximate surface area is 87.7 Å². The summed E-state index contributed by atoms with van der Waals surface area (Å²) in [7, 11) is 3.08. The van der Waals surface area contributed by atoms with E-state index in [0.29, 0.717) is 11.5 Å². The first-order valence-electron chi connectivity index (χ1n) is 4.30. The van der Waals surface area contributed by atoms with Crippen LogP contribution in [0, 0.1) is 5.21 Å². The Balaban J connectivity index is 2.93. The van der Waals surface area contributed by atoms with Crippen molar-refractivity contribution in [3.8, 4) is 11.5 Å². The molecule has 0 saturated carbocycles. The van der Waals surface area contributed by atoms with Crippen LogP contribution < -0.4 is 14.7 Å². The maximum Gasteiger partial charge on any atom is 0.161 e. The molecule has 5 heteroatoms. The van der Waals surface area contributed by atoms with Crippen molar-refractivity contribution in [2.24, 2.45) is 0 Å². The maximum absolute atomic E-state index is 10.3. The SMILES string of the molecule is COc1ccc(C=C[NH+]([O-])O)cc1OC. The van der Waals surface area contributed by atoms with Gasteiger partial charge in [-0.2, -0.15) is 0 Å². The minimum atomic E-state index is -0.982. The molecule has 0 aromatic heterocycles. The normalized spacial score (nSPS) is 12.8. The minimum absolute atomic E-state index is 0.574. The Bertz CT molecular complexity index is 349. The fraction of sp³-hybridized carbons (Fsp3) is 0.200. The van der Waals surface area contributed by atoms with Crippen molar-refractivity contribution in [1.82, 2.24) is 0 Å². The Morgan fingerprint density at radius 3 is 2.47 bits per heavy atom. The zero-order valence-electron chi connectivity index (χ0n) is 8.56. The number of rotatable bonds is 4. The second-order valence-electron chi connectivity index (χ2n) is 2.79. The highest BCUT2D eigenvalue weighted by Crippen LogP contribution is 2.27. The van der Waals surface area contributed by atoms with Gasteiger partial charge in [-0.25, -0.2) is 10.4 Å². The Kier molecular flexibility index (Phi) is 4.11. The van der Waals surface area contributed by atoms with Crippen LogP contribution in [0.3, 0.4) is 0 Å². The summed E-state index contributed by atoms with van der Waals surface area (Å²) in [5, 5.41) is 17.8. The number of nitrogens with one attached hydrogen (secondary N) is 1. The largest absolute Gasteiger partial charge is 0.595 e. The lowest BCUT2D eigenvalue weighted by atomic mass is 10.2. The first kappa shape index (κ1) is 11.5. The monoisotopic (exact) mass is 211 g/mol. The van der Waals surface area contributed by atoms with Crippen LogP contribution in [0.25, 0.3) is 6.08 Å². The van der Waals surface area contributed by atoms with E-state index in [-0.39, 0.29) is 0 Å². The second kappa shape index (κ2) is 5.35. The van der Waals surface area contributed by atoms with Gasteiger partial charge in [0.2, 0.25) is 0 Å². The third-order valence-corrected chi connectivity index (χ3v) is 1.83. The zero-order valence-corrected chi connectivity index (χ0v) is 8.56. The van der Waals surface area contributed by atoms with Gasteiger partial charge in [-0.05, 0) is 17.7 Å². The molecule has 1 aromatic rings. The van der Waals surface area contributed by atoms with Crippen LogP contribution in [-0.4, -0.2) is 19.4 Å². The van der Waals surface area contributed by atoms with Gasteiger partial charge in [-0.3, -0.25) is 0 Å². The number of hydrogen-bond donors (Lipinski definition) is 2. The van der Waals surface area contributed by atoms with Crippen molar-refractivity contribution < 1.29 is 19.9 Å². The van der Waals surface area contributed by atoms with Crippen LogP contribution in [-0.2, 0) is 0 Å². The van der Waals surface area contributed by atoms with E-state index in [1.54, 1.807) is 25.3 Å². The highest BCUT2D eigenvalue weighted by molar-refractivity contribution is 5.55. The fourth-order valence-electron chi connectivity index (χ4n) is 1.12. The Hall–Kier alpha value is -1.56. The topological polar surface area (TPSA) is 66.2 Å². The molecule has 1 atom stereocenters. The molecule has 0 amide bonds. The maximum atomic E-state index is 10.3. The predicted molar refractivity (Wildman–Crippen MR) is 54.7 cm³/mol. The van der Waals surface area contributed by atoms with Crippen molar-refractivity contribution in [2.75, 3.05) is 14.2 Å². The molecule has 1 aromatic carbocycles. The van der Waals surface area contributed by atoms with Crippen molar-refractivity contribution in [3.63, 3.8) is 0 Å². The first-order chi connectivity index (χ1) is 7.17. The number of ether oxygens (including phenoxy) is 2. The number of quaternary nitrogens is 1. The van der Waals surface area contributed by atoms with Gasteiger partial charge in [0.05, 0.1) is 14.2 Å². The average Bonchev–Trinajstić information content (AvgIpc) is 2.25. The van der Waals surface area contributed by atoms with Gasteiger partial charge in [0, 0.05) is 6.08 Å². The van der Waals surface area contributed by atoms with E-state index >= 15 is 0 Å². The summed E-state index contributed by atoms with van der Waals surface area (Å²) in [5.41, 5.74) is 0.745. The quantitative estimate of drug-likeness (QED) is 0.709. The lowest BCUT2D eigenvalue weighted by Crippen LogP contribution is -2.99. The molecule has 0 heterocycles. The van der Waals surface area contributed by atoms with Gasteiger partial charge in [-0.1, -0.05) is 6.07 Å². The summed E-state index contributed by atoms with van der Waals surface area (Å²) >= 11 is 0. The number of benzene rings is 1. The highest BCUT2D eigenvalue weighted by atomic mass is 16.8. The lowest BCUT2D eigenvalue weighted by Gasteiger charge is -2.08. The van der Waals surface area contributed by atoms with Gasteiger partial charge in [-0.15, -0.1) is 0 Å². The number of methoxy groups -OCH3 is 2. The van der Waals surface area contributed by atoms with E-state index in [0.717, 1.165) is 11.8 Å². The van der Waals surface area contributed by atoms with E-state index in [1.165, 1.54) is 13.2 Å². The zero-order chi connectivity index (χ0) is 11.3. The third kappa shape index (κ3) is 3.25. The molecular weight excluding hydrogens is 198 g/mol. The average molecular weight is 211 g/mol. The summed E-state index contributed by atoms with van der Waals surface area (Å²) < 4.78 is 10.1. The third-order valence-electron chi connectivity index (χ3n) is 1.83. The van der Waals surface area contributed by atoms with E-state index < -0.39 is 5.23 Å². The van der Waals surface area contributed by atoms with Crippen LogP contribution in [0.5, 0.6) is 11.5 Å². The lowest BCUT2D eigenvalue weighted by molar-refractivity contribution is -1.00. The van der Waals surface area contributed by atoms with Crippen LogP contribution in [0.15, 0.2) is 24.4 Å². The van der Waals surface area contributed by atoms with Crippen molar-refractivity contribution in [3.05, 3.63) is 35.2 Å². The molecule has 1 unspecified atom stereocenters. The van der Waals surface area contributed by atoms with Gasteiger partial charge in [0.15, 0.2) is 11.5 Å². The standard InChI is InChI=1S/C10H13NO4/c1-14-9-4-3-8(5-6-11(12)13)7-10(9)15-2/h3-7,11-12H,1-2H3. The first-order valence-corrected chi connectivity index (χ1v) is 4.30. The molecule has 82 valence electrons. The summed E-state index contributed by atoms with van der Waals surface area (Å²) in [5.74, 6) is 1.19. The smallest absolute Gasteiger partial charge is 0.161 e. The molecule has 0 saturated heterocycles. The molecule has 2 N–H and O–H groups in total. The van der Waals surface area contributed by atoms with Gasteiger partial charge >= 0.3 is 0 Å². The predicted octanol–water partition coefficient (Wildman–Crippen LogP) is 0.446. The minimum Gasteiger partial charge on any atom is -0.595 e. The number of hydroxylamine groups is 2. The van der Waals surface area contributed by atoms with Crippen LogP contribution in [0.4, 0.5) is 0 Å². The molecule has 0 bridgehead atoms. The summed E-state index contributed by atoms with van der Waals surface area (Å²) in [6.45, 7) is 0. The fourth-order valence-corrected chi connectivity index (χ4v) is 1.12. The molecule has 0 aliphatic carbocycles. The van der Waals surface area contributed by atoms with Gasteiger partial charge in [0.25, 0.3) is 0 Å². The molecule has 0 spiro atoms. The van der Waals surface area contributed by atoms with Crippen molar-refractivity contribution in [2.45, 2.75) is 0 Å². The molecular formula is C10H13NO4. The van der Waals surface area contributed by atoms with Crippen molar-refractivity contribution in [1.29, 1.82) is 0 Å². The van der Waals surface area contributed by atoms with Crippen LogP contribution >= 0.6 is 0 Å². The molecule has 0 aliphatic rings. The highest BCUT2D eigenvalue weighted by Gasteiger charge is 2.02. The van der Waals surface area contributed by atoms with E-state index in [4.69, 9.17) is 14.7 Å². The molecule has 0 aliphatic heterocycles. The van der Waals surface area contributed by atoms with E-state index in [2.05, 4.69) is 0 Å². The summed E-state index contributed by atoms with van der Waals surface area (Å²) in [6, 6.07) is 5.18. The molecule has 0 radical (unpaired) electrons. The molecule has 5 nitrogen and oxygen atoms in total. The molecule has 15 heavy (non-hydrogen) atoms. The Morgan fingerprint density at radius 1 is 1.27 bits per heavy atom. The summed E-state index contributed by atoms with van der Waals surface area (Å²) in [6.07, 6.45) is 2.56. The summed E-state index contributed by atoms with van der Waals surface area (Å²) in [4.78, 5) is 0. The second-order valence-corrected chi connectivity index (χ2v) is 2.79. The molecule has 0 fully saturated rings.